The smallest absolute Gasteiger partial charge is 1.00 e. The van der Waals surface area contributed by atoms with Gasteiger partial charge in [-0.3, -0.25) is 0 Å². The molecule has 6 rings (SSSR count). The molecule has 0 nitrogen and oxygen atoms in total. The molecule has 3 heteroatoms. The molecule has 6 aromatic carbocycles. The van der Waals surface area contributed by atoms with Crippen LogP contribution in [0.2, 0.25) is 0 Å². The summed E-state index contributed by atoms with van der Waals surface area (Å²) >= 11 is 0. The minimum atomic E-state index is 0. The predicted octanol–water partition coefficient (Wildman–Crippen LogP) is 3.07. The minimum absolute atomic E-state index is 0. The fraction of sp³-hybridized carbons (Fsp3) is 0.0625. The molecule has 0 N–H and O–H groups in total. The molecule has 0 aliphatic heterocycles. The van der Waals surface area contributed by atoms with Crippen molar-refractivity contribution in [2.75, 3.05) is 0 Å². The molecule has 0 radical (unpaired) electrons. The van der Waals surface area contributed by atoms with Gasteiger partial charge < -0.3 is 24.8 Å². The average molecular weight is 573 g/mol. The molecule has 172 valence electrons. The summed E-state index contributed by atoms with van der Waals surface area (Å²) in [6.45, 7) is 4.30. The van der Waals surface area contributed by atoms with Gasteiger partial charge in [-0.2, -0.15) is 24.3 Å². The molecule has 0 saturated carbocycles. The van der Waals surface area contributed by atoms with Crippen LogP contribution in [0.15, 0.2) is 121 Å². The molecule has 0 unspecified atom stereocenters. The Morgan fingerprint density at radius 1 is 0.457 bits per heavy atom. The van der Waals surface area contributed by atoms with Crippen LogP contribution in [0.25, 0.3) is 43.8 Å². The first-order valence-electron chi connectivity index (χ1n) is 11.1. The van der Waals surface area contributed by atoms with Gasteiger partial charge in [-0.05, 0) is 13.8 Å². The topological polar surface area (TPSA) is 0 Å². The Labute approximate surface area is 239 Å². The van der Waals surface area contributed by atoms with Gasteiger partial charge in [0.15, 0.2) is 0 Å². The standard InChI is InChI=1S/2C16H13.2ClH.Zr/c2*1-12-10-14-8-4-5-9-15(14)16(11-12)13-6-2-3-7-13;;;/h2*2-11H,1H3;2*1H;/q2*-1;;;+4/p-2. The van der Waals surface area contributed by atoms with Gasteiger partial charge in [-0.1, -0.05) is 104 Å². The maximum atomic E-state index is 2.26. The van der Waals surface area contributed by atoms with Crippen molar-refractivity contribution in [3.63, 3.8) is 0 Å². The third-order valence-corrected chi connectivity index (χ3v) is 5.96. The summed E-state index contributed by atoms with van der Waals surface area (Å²) in [5.74, 6) is 0. The van der Waals surface area contributed by atoms with Crippen molar-refractivity contribution in [2.24, 2.45) is 0 Å². The van der Waals surface area contributed by atoms with E-state index in [1.165, 1.54) is 54.9 Å². The molecule has 6 aromatic rings. The Balaban J connectivity index is 0.000000227. The van der Waals surface area contributed by atoms with E-state index in [9.17, 15) is 0 Å². The molecule has 0 aliphatic carbocycles. The number of hydrogen-bond donors (Lipinski definition) is 0. The van der Waals surface area contributed by atoms with Crippen molar-refractivity contribution in [2.45, 2.75) is 13.8 Å². The number of hydrogen-bond acceptors (Lipinski definition) is 0. The van der Waals surface area contributed by atoms with E-state index < -0.39 is 0 Å². The minimum Gasteiger partial charge on any atom is -1.00 e. The second-order valence-corrected chi connectivity index (χ2v) is 8.41. The number of rotatable bonds is 2. The second kappa shape index (κ2) is 13.0. The summed E-state index contributed by atoms with van der Waals surface area (Å²) in [7, 11) is 0. The second-order valence-electron chi connectivity index (χ2n) is 8.41. The van der Waals surface area contributed by atoms with Crippen LogP contribution in [0.5, 0.6) is 0 Å². The van der Waals surface area contributed by atoms with Crippen LogP contribution < -0.4 is 24.8 Å². The zero-order valence-corrected chi connectivity index (χ0v) is 23.8. The normalized spacial score (nSPS) is 9.89. The Hall–Kier alpha value is -2.44. The van der Waals surface area contributed by atoms with Gasteiger partial charge in [0.05, 0.1) is 0 Å². The summed E-state index contributed by atoms with van der Waals surface area (Å²) in [6.07, 6.45) is 0. The fourth-order valence-electron chi connectivity index (χ4n) is 4.51. The van der Waals surface area contributed by atoms with E-state index in [4.69, 9.17) is 0 Å². The van der Waals surface area contributed by atoms with Crippen molar-refractivity contribution in [3.05, 3.63) is 132 Å². The first-order chi connectivity index (χ1) is 15.7. The van der Waals surface area contributed by atoms with Gasteiger partial charge >= 0.3 is 26.2 Å². The Morgan fingerprint density at radius 2 is 0.800 bits per heavy atom. The first kappa shape index (κ1) is 28.8. The number of fused-ring (bicyclic) bond motifs is 2. The summed E-state index contributed by atoms with van der Waals surface area (Å²) in [6, 6.07) is 43.2. The van der Waals surface area contributed by atoms with E-state index in [2.05, 4.69) is 135 Å². The Kier molecular flexibility index (Phi) is 10.7. The van der Waals surface area contributed by atoms with E-state index >= 15 is 0 Å². The van der Waals surface area contributed by atoms with E-state index in [1.54, 1.807) is 0 Å². The van der Waals surface area contributed by atoms with Gasteiger partial charge in [-0.15, -0.1) is 47.5 Å². The van der Waals surface area contributed by atoms with Crippen LogP contribution >= 0.6 is 0 Å². The van der Waals surface area contributed by atoms with Crippen LogP contribution in [0.3, 0.4) is 0 Å². The van der Waals surface area contributed by atoms with Crippen LogP contribution in [0.1, 0.15) is 11.1 Å². The number of benzene rings is 4. The third kappa shape index (κ3) is 6.42. The molecule has 0 atom stereocenters. The number of aryl methyl sites for hydroxylation is 2. The maximum Gasteiger partial charge on any atom is 4.00 e. The fourth-order valence-corrected chi connectivity index (χ4v) is 4.51. The molecule has 0 saturated heterocycles. The molecule has 0 aliphatic rings. The quantitative estimate of drug-likeness (QED) is 0.280. The molecule has 0 bridgehead atoms. The average Bonchev–Trinajstić information content (AvgIpc) is 3.53. The van der Waals surface area contributed by atoms with Crippen LogP contribution in [0.4, 0.5) is 0 Å². The van der Waals surface area contributed by atoms with Crippen LogP contribution in [0, 0.1) is 13.8 Å². The van der Waals surface area contributed by atoms with Crippen LogP contribution in [-0.4, -0.2) is 0 Å². The van der Waals surface area contributed by atoms with Crippen molar-refractivity contribution in [1.29, 1.82) is 0 Å². The van der Waals surface area contributed by atoms with Gasteiger partial charge in [-0.25, -0.2) is 0 Å². The van der Waals surface area contributed by atoms with E-state index in [0.717, 1.165) is 0 Å². The largest absolute Gasteiger partial charge is 4.00 e. The predicted molar refractivity (Wildman–Crippen MR) is 139 cm³/mol. The summed E-state index contributed by atoms with van der Waals surface area (Å²) in [5.41, 5.74) is 7.91. The van der Waals surface area contributed by atoms with Gasteiger partial charge in [0.25, 0.3) is 0 Å². The van der Waals surface area contributed by atoms with Crippen molar-refractivity contribution >= 4 is 21.5 Å². The molecule has 0 fully saturated rings. The zero-order chi connectivity index (χ0) is 21.9. The molecular formula is C32H26Cl2Zr. The van der Waals surface area contributed by atoms with E-state index in [0.29, 0.717) is 0 Å². The summed E-state index contributed by atoms with van der Waals surface area (Å²) < 4.78 is 0. The van der Waals surface area contributed by atoms with Gasteiger partial charge in [0.2, 0.25) is 0 Å². The molecule has 0 aromatic heterocycles. The van der Waals surface area contributed by atoms with Crippen LogP contribution in [-0.2, 0) is 26.2 Å². The number of halogens is 2. The van der Waals surface area contributed by atoms with E-state index in [-0.39, 0.29) is 51.0 Å². The first-order valence-corrected chi connectivity index (χ1v) is 11.1. The SMILES string of the molecule is Cc1cc(-[c-]2cccc2)c2ccccc2c1.Cc1cc(-[c-]2cccc2)c2ccccc2c1.[Cl-].[Cl-].[Zr+4]. The zero-order valence-electron chi connectivity index (χ0n) is 19.8. The molecular weight excluding hydrogens is 546 g/mol. The Morgan fingerprint density at radius 3 is 1.17 bits per heavy atom. The monoisotopic (exact) mass is 570 g/mol. The molecule has 0 heterocycles. The summed E-state index contributed by atoms with van der Waals surface area (Å²) in [4.78, 5) is 0. The van der Waals surface area contributed by atoms with Crippen molar-refractivity contribution < 1.29 is 51.0 Å². The molecule has 35 heavy (non-hydrogen) atoms. The van der Waals surface area contributed by atoms with Crippen molar-refractivity contribution in [3.8, 4) is 22.3 Å². The third-order valence-electron chi connectivity index (χ3n) is 5.96. The van der Waals surface area contributed by atoms with Crippen molar-refractivity contribution in [1.82, 2.24) is 0 Å². The Bertz CT molecular complexity index is 1360. The van der Waals surface area contributed by atoms with Gasteiger partial charge in [0, 0.05) is 0 Å². The summed E-state index contributed by atoms with van der Waals surface area (Å²) in [5, 5.41) is 5.30. The maximum absolute atomic E-state index is 2.26. The molecule has 0 spiro atoms. The van der Waals surface area contributed by atoms with E-state index in [1.807, 2.05) is 0 Å². The van der Waals surface area contributed by atoms with Gasteiger partial charge in [0.1, 0.15) is 0 Å². The molecule has 0 amide bonds.